The summed E-state index contributed by atoms with van der Waals surface area (Å²) in [6.45, 7) is 1.69. The van der Waals surface area contributed by atoms with Crippen molar-refractivity contribution in [3.05, 3.63) is 30.1 Å². The summed E-state index contributed by atoms with van der Waals surface area (Å²) in [5.74, 6) is 1.54. The van der Waals surface area contributed by atoms with Crippen molar-refractivity contribution in [2.24, 2.45) is 0 Å². The van der Waals surface area contributed by atoms with E-state index >= 15 is 0 Å². The highest BCUT2D eigenvalue weighted by Gasteiger charge is 2.14. The molecule has 5 heteroatoms. The lowest BCUT2D eigenvalue weighted by Gasteiger charge is -2.22. The molecule has 1 heterocycles. The Kier molecular flexibility index (Phi) is 6.63. The summed E-state index contributed by atoms with van der Waals surface area (Å²) in [5.41, 5.74) is 0. The van der Waals surface area contributed by atoms with Crippen LogP contribution in [0.2, 0.25) is 0 Å². The van der Waals surface area contributed by atoms with Crippen molar-refractivity contribution in [3.8, 4) is 5.75 Å². The van der Waals surface area contributed by atoms with Crippen LogP contribution in [0.3, 0.4) is 0 Å². The van der Waals surface area contributed by atoms with Gasteiger partial charge in [-0.25, -0.2) is 4.39 Å². The number of aliphatic hydroxyl groups excluding tert-OH is 1. The van der Waals surface area contributed by atoms with Gasteiger partial charge in [0.05, 0.1) is 0 Å². The summed E-state index contributed by atoms with van der Waals surface area (Å²) in [5, 5.41) is 13.8. The Bertz CT molecular complexity index is 382. The quantitative estimate of drug-likeness (QED) is 0.811. The minimum Gasteiger partial charge on any atom is -0.491 e. The predicted octanol–water partition coefficient (Wildman–Crippen LogP) is 2.44. The molecule has 0 radical (unpaired) electrons. The number of halogens is 1. The van der Waals surface area contributed by atoms with Crippen molar-refractivity contribution in [2.45, 2.75) is 30.6 Å². The highest BCUT2D eigenvalue weighted by molar-refractivity contribution is 7.99. The predicted molar refractivity (Wildman–Crippen MR) is 80.9 cm³/mol. The minimum absolute atomic E-state index is 0.219. The van der Waals surface area contributed by atoms with Gasteiger partial charge in [0.1, 0.15) is 24.3 Å². The second-order valence-electron chi connectivity index (χ2n) is 5.07. The van der Waals surface area contributed by atoms with E-state index in [1.807, 2.05) is 11.8 Å². The molecule has 0 bridgehead atoms. The molecule has 20 heavy (non-hydrogen) atoms. The first-order valence-corrected chi connectivity index (χ1v) is 8.17. The van der Waals surface area contributed by atoms with Crippen molar-refractivity contribution < 1.29 is 14.2 Å². The third kappa shape index (κ3) is 5.69. The van der Waals surface area contributed by atoms with Gasteiger partial charge < -0.3 is 15.2 Å². The van der Waals surface area contributed by atoms with Gasteiger partial charge in [0, 0.05) is 18.3 Å². The monoisotopic (exact) mass is 299 g/mol. The minimum atomic E-state index is -0.548. The Labute approximate surface area is 123 Å². The number of aliphatic hydroxyl groups is 1. The van der Waals surface area contributed by atoms with Crippen molar-refractivity contribution in [1.82, 2.24) is 5.32 Å². The fourth-order valence-corrected chi connectivity index (χ4v) is 3.43. The molecule has 3 nitrogen and oxygen atoms in total. The van der Waals surface area contributed by atoms with E-state index in [0.29, 0.717) is 17.5 Å². The molecule has 1 aromatic carbocycles. The first-order chi connectivity index (χ1) is 9.74. The maximum Gasteiger partial charge on any atom is 0.123 e. The number of ether oxygens (including phenoxy) is 1. The second-order valence-corrected chi connectivity index (χ2v) is 6.47. The first-order valence-electron chi connectivity index (χ1n) is 7.13. The molecular formula is C15H22FNO2S. The lowest BCUT2D eigenvalue weighted by atomic mass is 10.2. The molecule has 0 aliphatic carbocycles. The Balaban J connectivity index is 1.57. The average molecular weight is 299 g/mol. The number of hydrogen-bond acceptors (Lipinski definition) is 4. The Hall–Kier alpha value is -0.780. The van der Waals surface area contributed by atoms with Crippen LogP contribution in [0.25, 0.3) is 0 Å². The normalized spacial score (nSPS) is 20.6. The molecule has 1 aliphatic rings. The Morgan fingerprint density at radius 3 is 2.85 bits per heavy atom. The van der Waals surface area contributed by atoms with E-state index in [0.717, 1.165) is 6.54 Å². The maximum atomic E-state index is 12.7. The van der Waals surface area contributed by atoms with Gasteiger partial charge in [-0.15, -0.1) is 0 Å². The van der Waals surface area contributed by atoms with Crippen LogP contribution < -0.4 is 10.1 Å². The van der Waals surface area contributed by atoms with Gasteiger partial charge in [0.2, 0.25) is 0 Å². The second kappa shape index (κ2) is 8.49. The molecule has 1 fully saturated rings. The summed E-state index contributed by atoms with van der Waals surface area (Å²) < 4.78 is 18.1. The fourth-order valence-electron chi connectivity index (χ4n) is 2.16. The number of rotatable bonds is 7. The van der Waals surface area contributed by atoms with E-state index in [9.17, 15) is 9.50 Å². The average Bonchev–Trinajstić information content (AvgIpc) is 2.48. The van der Waals surface area contributed by atoms with E-state index in [1.165, 1.54) is 37.1 Å². The summed E-state index contributed by atoms with van der Waals surface area (Å²) in [6, 6.07) is 5.82. The van der Waals surface area contributed by atoms with Gasteiger partial charge in [0.15, 0.2) is 0 Å². The van der Waals surface area contributed by atoms with Crippen molar-refractivity contribution in [3.63, 3.8) is 0 Å². The van der Waals surface area contributed by atoms with Crippen LogP contribution in [0.15, 0.2) is 24.3 Å². The molecule has 0 saturated carbocycles. The molecule has 1 saturated heterocycles. The van der Waals surface area contributed by atoms with Gasteiger partial charge in [-0.1, -0.05) is 6.42 Å². The van der Waals surface area contributed by atoms with Gasteiger partial charge in [-0.2, -0.15) is 11.8 Å². The smallest absolute Gasteiger partial charge is 0.123 e. The van der Waals surface area contributed by atoms with Crippen LogP contribution in [0.4, 0.5) is 4.39 Å². The standard InChI is InChI=1S/C15H22FNO2S/c16-12-4-6-14(7-5-12)19-11-13(18)9-17-10-15-3-1-2-8-20-15/h4-7,13,15,17-18H,1-3,8-11H2. The zero-order valence-corrected chi connectivity index (χ0v) is 12.4. The molecule has 2 N–H and O–H groups in total. The molecule has 1 aliphatic heterocycles. The SMILES string of the molecule is OC(CNCC1CCCCS1)COc1ccc(F)cc1. The topological polar surface area (TPSA) is 41.5 Å². The van der Waals surface area contributed by atoms with Crippen molar-refractivity contribution in [1.29, 1.82) is 0 Å². The van der Waals surface area contributed by atoms with Gasteiger partial charge in [0.25, 0.3) is 0 Å². The van der Waals surface area contributed by atoms with Crippen LogP contribution in [-0.4, -0.2) is 41.9 Å². The molecular weight excluding hydrogens is 277 g/mol. The van der Waals surface area contributed by atoms with Crippen LogP contribution in [0.1, 0.15) is 19.3 Å². The number of nitrogens with one attached hydrogen (secondary N) is 1. The molecule has 0 aromatic heterocycles. The van der Waals surface area contributed by atoms with Crippen LogP contribution in [0, 0.1) is 5.82 Å². The largest absolute Gasteiger partial charge is 0.491 e. The fraction of sp³-hybridized carbons (Fsp3) is 0.600. The summed E-state index contributed by atoms with van der Waals surface area (Å²) >= 11 is 2.02. The third-order valence-electron chi connectivity index (χ3n) is 3.28. The van der Waals surface area contributed by atoms with Crippen LogP contribution in [0.5, 0.6) is 5.75 Å². The van der Waals surface area contributed by atoms with E-state index < -0.39 is 6.10 Å². The molecule has 2 rings (SSSR count). The molecule has 0 spiro atoms. The molecule has 112 valence electrons. The zero-order chi connectivity index (χ0) is 14.2. The first kappa shape index (κ1) is 15.6. The number of thioether (sulfide) groups is 1. The zero-order valence-electron chi connectivity index (χ0n) is 11.6. The van der Waals surface area contributed by atoms with Gasteiger partial charge >= 0.3 is 0 Å². The van der Waals surface area contributed by atoms with E-state index in [2.05, 4.69) is 5.32 Å². The van der Waals surface area contributed by atoms with Crippen molar-refractivity contribution >= 4 is 11.8 Å². The summed E-state index contributed by atoms with van der Waals surface area (Å²) in [7, 11) is 0. The third-order valence-corrected chi connectivity index (χ3v) is 4.68. The summed E-state index contributed by atoms with van der Waals surface area (Å²) in [6.07, 6.45) is 3.36. The molecule has 1 aromatic rings. The maximum absolute atomic E-state index is 12.7. The Morgan fingerprint density at radius 2 is 2.15 bits per heavy atom. The highest BCUT2D eigenvalue weighted by Crippen LogP contribution is 2.24. The van der Waals surface area contributed by atoms with Crippen LogP contribution >= 0.6 is 11.8 Å². The highest BCUT2D eigenvalue weighted by atomic mass is 32.2. The number of hydrogen-bond donors (Lipinski definition) is 2. The molecule has 0 amide bonds. The van der Waals surface area contributed by atoms with E-state index in [-0.39, 0.29) is 12.4 Å². The van der Waals surface area contributed by atoms with Gasteiger partial charge in [-0.3, -0.25) is 0 Å². The van der Waals surface area contributed by atoms with Crippen LogP contribution in [-0.2, 0) is 0 Å². The summed E-state index contributed by atoms with van der Waals surface area (Å²) in [4.78, 5) is 0. The van der Waals surface area contributed by atoms with Crippen molar-refractivity contribution in [2.75, 3.05) is 25.4 Å². The molecule has 2 atom stereocenters. The molecule has 2 unspecified atom stereocenters. The van der Waals surface area contributed by atoms with Gasteiger partial charge in [-0.05, 0) is 42.9 Å². The lowest BCUT2D eigenvalue weighted by molar-refractivity contribution is 0.106. The number of benzene rings is 1. The van der Waals surface area contributed by atoms with E-state index in [1.54, 1.807) is 12.1 Å². The Morgan fingerprint density at radius 1 is 1.35 bits per heavy atom. The van der Waals surface area contributed by atoms with E-state index in [4.69, 9.17) is 4.74 Å². The lowest BCUT2D eigenvalue weighted by Crippen LogP contribution is -2.35.